The first-order valence-electron chi connectivity index (χ1n) is 8.05. The van der Waals surface area contributed by atoms with Crippen LogP contribution in [0.3, 0.4) is 0 Å². The molecular weight excluding hydrogens is 362 g/mol. The van der Waals surface area contributed by atoms with Crippen LogP contribution in [0, 0.1) is 6.92 Å². The Balaban J connectivity index is 0.00000225. The number of benzene rings is 1. The molecule has 0 bridgehead atoms. The standard InChI is InChI=1S/C17H23N3O3S.ClH/c1-13-9-14-5-3-6-15(16(14)18-10-13)24(21,22)20-11-17(12-23-2)7-4-8-19-17;/h3,5-6,9-10,19-20H,4,7-8,11-12H2,1-2H3;1H. The minimum absolute atomic E-state index is 0. The Kier molecular flexibility index (Phi) is 6.40. The molecule has 138 valence electrons. The van der Waals surface area contributed by atoms with Gasteiger partial charge in [0, 0.05) is 25.2 Å². The third kappa shape index (κ3) is 4.30. The fraction of sp³-hybridized carbons (Fsp3) is 0.471. The van der Waals surface area contributed by atoms with E-state index in [0.29, 0.717) is 18.7 Å². The molecule has 6 nitrogen and oxygen atoms in total. The molecule has 25 heavy (non-hydrogen) atoms. The van der Waals surface area contributed by atoms with Crippen molar-refractivity contribution in [1.82, 2.24) is 15.0 Å². The number of fused-ring (bicyclic) bond motifs is 1. The molecule has 0 radical (unpaired) electrons. The second kappa shape index (κ2) is 7.97. The maximum atomic E-state index is 12.8. The van der Waals surface area contributed by atoms with Gasteiger partial charge < -0.3 is 10.1 Å². The van der Waals surface area contributed by atoms with Crippen molar-refractivity contribution in [1.29, 1.82) is 0 Å². The Morgan fingerprint density at radius 1 is 1.40 bits per heavy atom. The lowest BCUT2D eigenvalue weighted by Gasteiger charge is -2.28. The summed E-state index contributed by atoms with van der Waals surface area (Å²) < 4.78 is 33.6. The highest BCUT2D eigenvalue weighted by molar-refractivity contribution is 7.89. The van der Waals surface area contributed by atoms with Crippen LogP contribution < -0.4 is 10.0 Å². The number of methoxy groups -OCH3 is 1. The number of pyridine rings is 1. The highest BCUT2D eigenvalue weighted by Gasteiger charge is 2.35. The summed E-state index contributed by atoms with van der Waals surface area (Å²) in [7, 11) is -2.02. The predicted octanol–water partition coefficient (Wildman–Crippen LogP) is 2.01. The molecule has 0 amide bonds. The van der Waals surface area contributed by atoms with Gasteiger partial charge >= 0.3 is 0 Å². The number of aromatic nitrogens is 1. The molecule has 2 heterocycles. The van der Waals surface area contributed by atoms with E-state index in [-0.39, 0.29) is 22.8 Å². The molecule has 0 saturated carbocycles. The van der Waals surface area contributed by atoms with Crippen molar-refractivity contribution in [3.63, 3.8) is 0 Å². The Bertz CT molecular complexity index is 836. The van der Waals surface area contributed by atoms with Crippen LogP contribution in [0.4, 0.5) is 0 Å². The Labute approximate surface area is 154 Å². The van der Waals surface area contributed by atoms with Crippen LogP contribution in [0.25, 0.3) is 10.9 Å². The van der Waals surface area contributed by atoms with E-state index < -0.39 is 10.0 Å². The third-order valence-electron chi connectivity index (χ3n) is 4.45. The van der Waals surface area contributed by atoms with Crippen molar-refractivity contribution in [2.75, 3.05) is 26.8 Å². The molecule has 1 unspecified atom stereocenters. The monoisotopic (exact) mass is 385 g/mol. The van der Waals surface area contributed by atoms with Gasteiger partial charge in [-0.25, -0.2) is 13.1 Å². The third-order valence-corrected chi connectivity index (χ3v) is 5.89. The lowest BCUT2D eigenvalue weighted by molar-refractivity contribution is 0.122. The van der Waals surface area contributed by atoms with Gasteiger partial charge in [0.2, 0.25) is 10.0 Å². The first kappa shape index (κ1) is 20.1. The molecule has 1 atom stereocenters. The van der Waals surface area contributed by atoms with Crippen molar-refractivity contribution >= 4 is 33.3 Å². The van der Waals surface area contributed by atoms with Gasteiger partial charge in [-0.2, -0.15) is 0 Å². The van der Waals surface area contributed by atoms with Gasteiger partial charge in [0.05, 0.1) is 17.7 Å². The molecule has 1 aliphatic heterocycles. The van der Waals surface area contributed by atoms with Gasteiger partial charge in [-0.05, 0) is 44.0 Å². The highest BCUT2D eigenvalue weighted by atomic mass is 35.5. The second-order valence-corrected chi connectivity index (χ2v) is 8.14. The van der Waals surface area contributed by atoms with E-state index in [9.17, 15) is 8.42 Å². The number of nitrogens with zero attached hydrogens (tertiary/aromatic N) is 1. The zero-order valence-corrected chi connectivity index (χ0v) is 16.0. The minimum Gasteiger partial charge on any atom is -0.383 e. The van der Waals surface area contributed by atoms with Crippen molar-refractivity contribution in [3.05, 3.63) is 36.0 Å². The highest BCUT2D eigenvalue weighted by Crippen LogP contribution is 2.23. The molecule has 1 fully saturated rings. The summed E-state index contributed by atoms with van der Waals surface area (Å²) >= 11 is 0. The fourth-order valence-corrected chi connectivity index (χ4v) is 4.55. The zero-order chi connectivity index (χ0) is 17.2. The number of ether oxygens (including phenoxy) is 1. The van der Waals surface area contributed by atoms with Gasteiger partial charge in [0.15, 0.2) is 0 Å². The number of hydrogen-bond donors (Lipinski definition) is 2. The van der Waals surface area contributed by atoms with E-state index in [1.165, 1.54) is 0 Å². The number of aryl methyl sites for hydroxylation is 1. The molecule has 1 aromatic heterocycles. The molecule has 1 saturated heterocycles. The summed E-state index contributed by atoms with van der Waals surface area (Å²) in [4.78, 5) is 4.53. The van der Waals surface area contributed by atoms with E-state index in [1.54, 1.807) is 25.4 Å². The van der Waals surface area contributed by atoms with Crippen LogP contribution in [0.15, 0.2) is 35.4 Å². The summed E-state index contributed by atoms with van der Waals surface area (Å²) in [5, 5.41) is 4.19. The van der Waals surface area contributed by atoms with Crippen molar-refractivity contribution in [3.8, 4) is 0 Å². The molecule has 8 heteroatoms. The van der Waals surface area contributed by atoms with Gasteiger partial charge in [0.1, 0.15) is 4.90 Å². The van der Waals surface area contributed by atoms with Gasteiger partial charge in [-0.3, -0.25) is 4.98 Å². The maximum Gasteiger partial charge on any atom is 0.242 e. The molecule has 0 aliphatic carbocycles. The molecule has 0 spiro atoms. The number of rotatable bonds is 6. The molecule has 1 aromatic carbocycles. The van der Waals surface area contributed by atoms with Crippen LogP contribution >= 0.6 is 12.4 Å². The Hall–Kier alpha value is -1.25. The van der Waals surface area contributed by atoms with E-state index in [2.05, 4.69) is 15.0 Å². The number of para-hydroxylation sites is 1. The fourth-order valence-electron chi connectivity index (χ4n) is 3.24. The van der Waals surface area contributed by atoms with Crippen molar-refractivity contribution < 1.29 is 13.2 Å². The first-order valence-corrected chi connectivity index (χ1v) is 9.53. The molecular formula is C17H24ClN3O3S. The average Bonchev–Trinajstić information content (AvgIpc) is 3.02. The van der Waals surface area contributed by atoms with Gasteiger partial charge in [0.25, 0.3) is 0 Å². The molecule has 1 aliphatic rings. The van der Waals surface area contributed by atoms with Crippen LogP contribution in [0.2, 0.25) is 0 Å². The summed E-state index contributed by atoms with van der Waals surface area (Å²) in [6.45, 7) is 3.58. The quantitative estimate of drug-likeness (QED) is 0.795. The van der Waals surface area contributed by atoms with Crippen molar-refractivity contribution in [2.24, 2.45) is 0 Å². The van der Waals surface area contributed by atoms with E-state index in [4.69, 9.17) is 4.74 Å². The topological polar surface area (TPSA) is 80.3 Å². The van der Waals surface area contributed by atoms with Crippen LogP contribution in [-0.4, -0.2) is 45.7 Å². The largest absolute Gasteiger partial charge is 0.383 e. The second-order valence-electron chi connectivity index (χ2n) is 6.41. The summed E-state index contributed by atoms with van der Waals surface area (Å²) in [6, 6.07) is 7.15. The maximum absolute atomic E-state index is 12.8. The first-order chi connectivity index (χ1) is 11.5. The molecule has 2 N–H and O–H groups in total. The number of halogens is 1. The summed E-state index contributed by atoms with van der Waals surface area (Å²) in [5.41, 5.74) is 1.16. The summed E-state index contributed by atoms with van der Waals surface area (Å²) in [5.74, 6) is 0. The van der Waals surface area contributed by atoms with Crippen LogP contribution in [0.5, 0.6) is 0 Å². The summed E-state index contributed by atoms with van der Waals surface area (Å²) in [6.07, 6.45) is 3.59. The number of nitrogens with one attached hydrogen (secondary N) is 2. The smallest absolute Gasteiger partial charge is 0.242 e. The van der Waals surface area contributed by atoms with Gasteiger partial charge in [-0.15, -0.1) is 12.4 Å². The lowest BCUT2D eigenvalue weighted by Crippen LogP contribution is -2.52. The van der Waals surface area contributed by atoms with Crippen LogP contribution in [-0.2, 0) is 14.8 Å². The van der Waals surface area contributed by atoms with Crippen molar-refractivity contribution in [2.45, 2.75) is 30.2 Å². The van der Waals surface area contributed by atoms with E-state index >= 15 is 0 Å². The minimum atomic E-state index is -3.65. The SMILES string of the molecule is COCC1(CNS(=O)(=O)c2cccc3cc(C)cnc23)CCCN1.Cl. The predicted molar refractivity (Wildman–Crippen MR) is 101 cm³/mol. The Morgan fingerprint density at radius 3 is 2.88 bits per heavy atom. The average molecular weight is 386 g/mol. The van der Waals surface area contributed by atoms with E-state index in [1.807, 2.05) is 19.1 Å². The number of hydrogen-bond acceptors (Lipinski definition) is 5. The lowest BCUT2D eigenvalue weighted by atomic mass is 9.99. The number of sulfonamides is 1. The van der Waals surface area contributed by atoms with Crippen LogP contribution in [0.1, 0.15) is 18.4 Å². The van der Waals surface area contributed by atoms with E-state index in [0.717, 1.165) is 30.3 Å². The zero-order valence-electron chi connectivity index (χ0n) is 14.4. The molecule has 2 aromatic rings. The van der Waals surface area contributed by atoms with Gasteiger partial charge in [-0.1, -0.05) is 12.1 Å². The normalized spacial score (nSPS) is 20.6. The Morgan fingerprint density at radius 2 is 2.20 bits per heavy atom. The molecule has 3 rings (SSSR count).